The fourth-order valence-electron chi connectivity index (χ4n) is 3.93. The normalized spacial score (nSPS) is 17.8. The highest BCUT2D eigenvalue weighted by atomic mass is 16.5. The number of methoxy groups -OCH3 is 1. The van der Waals surface area contributed by atoms with E-state index >= 15 is 0 Å². The first kappa shape index (κ1) is 21.8. The van der Waals surface area contributed by atoms with Gasteiger partial charge in [0.05, 0.1) is 7.11 Å². The van der Waals surface area contributed by atoms with E-state index in [2.05, 4.69) is 10.8 Å². The van der Waals surface area contributed by atoms with Gasteiger partial charge in [-0.2, -0.15) is 0 Å². The van der Waals surface area contributed by atoms with Gasteiger partial charge in [-0.05, 0) is 36.0 Å². The molecular weight excluding hydrogens is 380 g/mol. The number of carbonyl (C=O) groups is 3. The highest BCUT2D eigenvalue weighted by molar-refractivity contribution is 5.95. The third kappa shape index (κ3) is 5.59. The van der Waals surface area contributed by atoms with Crippen LogP contribution in [0.4, 0.5) is 0 Å². The molecule has 2 aliphatic rings. The number of ether oxygens (including phenoxy) is 1. The van der Waals surface area contributed by atoms with Crippen LogP contribution in [-0.4, -0.2) is 35.8 Å². The molecule has 0 fully saturated rings. The monoisotopic (exact) mass is 410 g/mol. The topological polar surface area (TPSA) is 89.7 Å². The molecule has 1 atom stereocenters. The minimum Gasteiger partial charge on any atom is -0.466 e. The number of hydrogen-bond donors (Lipinski definition) is 1. The van der Waals surface area contributed by atoms with E-state index in [9.17, 15) is 14.4 Å². The lowest BCUT2D eigenvalue weighted by molar-refractivity contribution is -0.140. The fraction of sp³-hybridized carbons (Fsp3) is 0.458. The molecule has 1 aromatic rings. The maximum atomic E-state index is 12.7. The Kier molecular flexibility index (Phi) is 7.44. The van der Waals surface area contributed by atoms with Gasteiger partial charge in [0.2, 0.25) is 11.8 Å². The van der Waals surface area contributed by atoms with Crippen LogP contribution in [0.1, 0.15) is 56.1 Å². The van der Waals surface area contributed by atoms with Crippen LogP contribution in [-0.2, 0) is 32.1 Å². The molecule has 2 amide bonds. The predicted molar refractivity (Wildman–Crippen MR) is 114 cm³/mol. The summed E-state index contributed by atoms with van der Waals surface area (Å²) >= 11 is 0. The smallest absolute Gasteiger partial charge is 0.334 e. The van der Waals surface area contributed by atoms with Crippen molar-refractivity contribution in [1.82, 2.24) is 4.90 Å². The molecule has 0 saturated carbocycles. The fourth-order valence-corrected chi connectivity index (χ4v) is 3.93. The van der Waals surface area contributed by atoms with Gasteiger partial charge >= 0.3 is 5.97 Å². The first-order valence-corrected chi connectivity index (χ1v) is 10.6. The van der Waals surface area contributed by atoms with E-state index < -0.39 is 11.9 Å². The first-order valence-electron chi connectivity index (χ1n) is 10.6. The lowest BCUT2D eigenvalue weighted by atomic mass is 9.93. The van der Waals surface area contributed by atoms with Crippen molar-refractivity contribution in [2.45, 2.75) is 64.0 Å². The number of nitrogens with zero attached hydrogens (tertiary/aromatic N) is 1. The van der Waals surface area contributed by atoms with E-state index in [4.69, 9.17) is 5.73 Å². The second-order valence-corrected chi connectivity index (χ2v) is 7.94. The molecule has 0 bridgehead atoms. The summed E-state index contributed by atoms with van der Waals surface area (Å²) in [6.45, 7) is 0.455. The van der Waals surface area contributed by atoms with Gasteiger partial charge in [-0.15, -0.1) is 0 Å². The lowest BCUT2D eigenvalue weighted by Crippen LogP contribution is -2.51. The van der Waals surface area contributed by atoms with Crippen LogP contribution < -0.4 is 5.73 Å². The number of amides is 2. The summed E-state index contributed by atoms with van der Waals surface area (Å²) in [4.78, 5) is 37.5. The van der Waals surface area contributed by atoms with Gasteiger partial charge in [0.15, 0.2) is 0 Å². The van der Waals surface area contributed by atoms with E-state index in [-0.39, 0.29) is 11.9 Å². The highest BCUT2D eigenvalue weighted by Gasteiger charge is 2.32. The van der Waals surface area contributed by atoms with Crippen molar-refractivity contribution in [3.63, 3.8) is 0 Å². The molecule has 30 heavy (non-hydrogen) atoms. The number of esters is 1. The average molecular weight is 411 g/mol. The van der Waals surface area contributed by atoms with Gasteiger partial charge in [0, 0.05) is 31.4 Å². The summed E-state index contributed by atoms with van der Waals surface area (Å²) in [5.41, 5.74) is 9.60. The van der Waals surface area contributed by atoms with Crippen molar-refractivity contribution in [2.24, 2.45) is 5.73 Å². The molecule has 0 aromatic heterocycles. The molecule has 0 radical (unpaired) electrons. The average Bonchev–Trinajstić information content (AvgIpc) is 3.53. The van der Waals surface area contributed by atoms with Gasteiger partial charge < -0.3 is 15.4 Å². The molecule has 1 aliphatic carbocycles. The van der Waals surface area contributed by atoms with E-state index in [1.165, 1.54) is 7.11 Å². The highest BCUT2D eigenvalue weighted by Crippen LogP contribution is 2.32. The number of allylic oxidation sites excluding steroid dienone is 3. The van der Waals surface area contributed by atoms with Crippen molar-refractivity contribution in [1.29, 1.82) is 0 Å². The zero-order valence-corrected chi connectivity index (χ0v) is 17.6. The summed E-state index contributed by atoms with van der Waals surface area (Å²) in [5, 5.41) is 0. The van der Waals surface area contributed by atoms with Crippen molar-refractivity contribution in [3.05, 3.63) is 58.7 Å². The van der Waals surface area contributed by atoms with Gasteiger partial charge in [-0.1, -0.05) is 49.3 Å². The third-order valence-electron chi connectivity index (χ3n) is 5.79. The van der Waals surface area contributed by atoms with Crippen LogP contribution >= 0.6 is 0 Å². The summed E-state index contributed by atoms with van der Waals surface area (Å²) in [7, 11) is 1.40. The molecule has 1 heterocycles. The van der Waals surface area contributed by atoms with Crippen LogP contribution in [0.25, 0.3) is 0 Å². The van der Waals surface area contributed by atoms with Crippen molar-refractivity contribution in [3.8, 4) is 0 Å². The zero-order chi connectivity index (χ0) is 21.5. The molecule has 1 aliphatic heterocycles. The van der Waals surface area contributed by atoms with Gasteiger partial charge in [0.1, 0.15) is 6.04 Å². The summed E-state index contributed by atoms with van der Waals surface area (Å²) in [6.07, 6.45) is 10.6. The molecule has 1 aromatic carbocycles. The Hall–Kier alpha value is -2.89. The van der Waals surface area contributed by atoms with Gasteiger partial charge in [0.25, 0.3) is 0 Å². The number of hydrogen-bond acceptors (Lipinski definition) is 4. The quantitative estimate of drug-likeness (QED) is 0.474. The van der Waals surface area contributed by atoms with E-state index in [1.54, 1.807) is 4.90 Å². The summed E-state index contributed by atoms with van der Waals surface area (Å²) in [5.74, 6) is -0.662. The number of benzene rings is 1. The van der Waals surface area contributed by atoms with Crippen LogP contribution in [0.2, 0.25) is 0 Å². The lowest BCUT2D eigenvalue weighted by Gasteiger charge is -2.35. The first-order chi connectivity index (χ1) is 14.5. The van der Waals surface area contributed by atoms with Crippen molar-refractivity contribution in [2.75, 3.05) is 7.11 Å². The minimum absolute atomic E-state index is 0.00390. The van der Waals surface area contributed by atoms with Gasteiger partial charge in [-0.25, -0.2) is 4.79 Å². The number of rotatable bonds is 10. The summed E-state index contributed by atoms with van der Waals surface area (Å²) in [6, 6.07) is 7.35. The SMILES string of the molecule is COC(=O)C1=C(/C=C\CCCCCCC(=O)N2Cc3ccccc3CC2C(N)=O)C1. The van der Waals surface area contributed by atoms with E-state index in [1.807, 2.05) is 30.3 Å². The van der Waals surface area contributed by atoms with Crippen molar-refractivity contribution >= 4 is 17.8 Å². The standard InChI is InChI=1S/C24H30N2O4/c1-30-24(29)20-14-18(20)11-6-4-2-3-5-7-13-22(27)26-16-19-12-9-8-10-17(19)15-21(26)23(25)28/h6,8-12,21H,2-5,7,13-16H2,1H3,(H2,25,28)/b11-6-. The van der Waals surface area contributed by atoms with Crippen LogP contribution in [0, 0.1) is 0 Å². The van der Waals surface area contributed by atoms with E-state index in [0.29, 0.717) is 19.4 Å². The van der Waals surface area contributed by atoms with E-state index in [0.717, 1.165) is 60.8 Å². The molecule has 1 unspecified atom stereocenters. The Balaban J connectivity index is 1.36. The molecule has 160 valence electrons. The zero-order valence-electron chi connectivity index (χ0n) is 17.6. The van der Waals surface area contributed by atoms with Crippen LogP contribution in [0.5, 0.6) is 0 Å². The number of primary amides is 1. The largest absolute Gasteiger partial charge is 0.466 e. The Morgan fingerprint density at radius 2 is 1.87 bits per heavy atom. The second-order valence-electron chi connectivity index (χ2n) is 7.94. The number of carbonyl (C=O) groups excluding carboxylic acids is 3. The molecule has 3 rings (SSSR count). The Morgan fingerprint density at radius 3 is 2.60 bits per heavy atom. The number of unbranched alkanes of at least 4 members (excludes halogenated alkanes) is 4. The summed E-state index contributed by atoms with van der Waals surface area (Å²) < 4.78 is 4.69. The molecule has 6 nitrogen and oxygen atoms in total. The Labute approximate surface area is 177 Å². The Bertz CT molecular complexity index is 872. The third-order valence-corrected chi connectivity index (χ3v) is 5.79. The number of nitrogens with two attached hydrogens (primary N) is 1. The molecular formula is C24H30N2O4. The maximum Gasteiger partial charge on any atom is 0.334 e. The predicted octanol–water partition coefficient (Wildman–Crippen LogP) is 3.20. The molecule has 0 spiro atoms. The molecule has 2 N–H and O–H groups in total. The molecule has 0 saturated heterocycles. The Morgan fingerprint density at radius 1 is 1.13 bits per heavy atom. The minimum atomic E-state index is -0.552. The second kappa shape index (κ2) is 10.2. The molecule has 6 heteroatoms. The van der Waals surface area contributed by atoms with Crippen LogP contribution in [0.3, 0.4) is 0 Å². The van der Waals surface area contributed by atoms with Crippen molar-refractivity contribution < 1.29 is 19.1 Å². The van der Waals surface area contributed by atoms with Gasteiger partial charge in [-0.3, -0.25) is 9.59 Å². The number of fused-ring (bicyclic) bond motifs is 1. The maximum absolute atomic E-state index is 12.7. The van der Waals surface area contributed by atoms with Crippen LogP contribution in [0.15, 0.2) is 47.6 Å².